The molecule has 0 aliphatic carbocycles. The molecule has 1 fully saturated rings. The number of hydrogen-bond donors (Lipinski definition) is 1. The third kappa shape index (κ3) is 4.22. The fraction of sp³-hybridized carbons (Fsp3) is 0.227. The summed E-state index contributed by atoms with van der Waals surface area (Å²) in [6, 6.07) is 14.8. The normalized spacial score (nSPS) is 14.0. The summed E-state index contributed by atoms with van der Waals surface area (Å²) in [7, 11) is 0. The number of nitrogens with one attached hydrogen (secondary N) is 1. The van der Waals surface area contributed by atoms with Gasteiger partial charge >= 0.3 is 6.03 Å². The smallest absolute Gasteiger partial charge is 0.321 e. The van der Waals surface area contributed by atoms with E-state index in [1.165, 1.54) is 6.07 Å². The van der Waals surface area contributed by atoms with Crippen LogP contribution < -0.4 is 10.2 Å². The number of rotatable bonds is 3. The van der Waals surface area contributed by atoms with Crippen LogP contribution in [0, 0.1) is 18.6 Å². The van der Waals surface area contributed by atoms with Crippen molar-refractivity contribution in [2.24, 2.45) is 0 Å². The average molecular weight is 409 g/mol. The topological polar surface area (TPSA) is 61.4 Å². The quantitative estimate of drug-likeness (QED) is 0.708. The first kappa shape index (κ1) is 19.8. The number of nitrogens with zero attached hydrogens (tertiary/aromatic N) is 4. The van der Waals surface area contributed by atoms with Crippen LogP contribution in [0.2, 0.25) is 0 Å². The van der Waals surface area contributed by atoms with Gasteiger partial charge in [0.05, 0.1) is 5.69 Å². The fourth-order valence-corrected chi connectivity index (χ4v) is 3.41. The van der Waals surface area contributed by atoms with Crippen LogP contribution in [-0.2, 0) is 0 Å². The fourth-order valence-electron chi connectivity index (χ4n) is 3.41. The van der Waals surface area contributed by atoms with Crippen LogP contribution in [0.1, 0.15) is 5.56 Å². The lowest BCUT2D eigenvalue weighted by Gasteiger charge is -2.35. The molecule has 8 heteroatoms. The second-order valence-corrected chi connectivity index (χ2v) is 7.12. The first-order valence-electron chi connectivity index (χ1n) is 9.67. The molecule has 0 unspecified atom stereocenters. The van der Waals surface area contributed by atoms with Crippen molar-refractivity contribution in [3.8, 4) is 11.3 Å². The predicted molar refractivity (Wildman–Crippen MR) is 111 cm³/mol. The maximum atomic E-state index is 13.3. The minimum atomic E-state index is -0.995. The van der Waals surface area contributed by atoms with Gasteiger partial charge in [-0.2, -0.15) is 0 Å². The number of carbonyl (C=O) groups excluding carboxylic acids is 1. The van der Waals surface area contributed by atoms with Gasteiger partial charge in [0.2, 0.25) is 0 Å². The van der Waals surface area contributed by atoms with Crippen molar-refractivity contribution in [3.63, 3.8) is 0 Å². The molecule has 6 nitrogen and oxygen atoms in total. The summed E-state index contributed by atoms with van der Waals surface area (Å²) in [5.74, 6) is -1.19. The molecule has 1 aromatic heterocycles. The first-order chi connectivity index (χ1) is 14.5. The molecule has 3 aromatic rings. The van der Waals surface area contributed by atoms with E-state index in [0.717, 1.165) is 34.8 Å². The minimum Gasteiger partial charge on any atom is -0.352 e. The Bertz CT molecular complexity index is 1050. The molecule has 1 N–H and O–H groups in total. The van der Waals surface area contributed by atoms with Gasteiger partial charge in [0.1, 0.15) is 0 Å². The third-order valence-electron chi connectivity index (χ3n) is 5.13. The number of amides is 2. The number of hydrogen-bond acceptors (Lipinski definition) is 4. The molecule has 2 aromatic carbocycles. The minimum absolute atomic E-state index is 0.221. The number of urea groups is 1. The second kappa shape index (κ2) is 8.44. The van der Waals surface area contributed by atoms with Crippen LogP contribution in [0.3, 0.4) is 0 Å². The highest BCUT2D eigenvalue weighted by Crippen LogP contribution is 2.22. The van der Waals surface area contributed by atoms with E-state index >= 15 is 0 Å². The summed E-state index contributed by atoms with van der Waals surface area (Å²) in [5.41, 5.74) is 3.23. The van der Waals surface area contributed by atoms with E-state index < -0.39 is 11.6 Å². The van der Waals surface area contributed by atoms with E-state index in [-0.39, 0.29) is 11.7 Å². The molecule has 154 valence electrons. The van der Waals surface area contributed by atoms with Gasteiger partial charge in [0, 0.05) is 43.5 Å². The van der Waals surface area contributed by atoms with Gasteiger partial charge in [-0.3, -0.25) is 0 Å². The zero-order valence-electron chi connectivity index (χ0n) is 16.5. The molecule has 4 rings (SSSR count). The summed E-state index contributed by atoms with van der Waals surface area (Å²) in [4.78, 5) is 16.1. The molecule has 0 saturated carbocycles. The Labute approximate surface area is 173 Å². The Morgan fingerprint density at radius 1 is 0.933 bits per heavy atom. The van der Waals surface area contributed by atoms with Crippen LogP contribution in [0.25, 0.3) is 11.3 Å². The van der Waals surface area contributed by atoms with E-state index in [0.29, 0.717) is 26.2 Å². The molecular formula is C22H21F2N5O. The van der Waals surface area contributed by atoms with Crippen molar-refractivity contribution in [3.05, 3.63) is 71.8 Å². The van der Waals surface area contributed by atoms with E-state index in [9.17, 15) is 13.6 Å². The zero-order chi connectivity index (χ0) is 21.1. The molecule has 1 aliphatic rings. The Morgan fingerprint density at radius 3 is 2.37 bits per heavy atom. The number of benzene rings is 2. The lowest BCUT2D eigenvalue weighted by molar-refractivity contribution is 0.208. The Hall–Kier alpha value is -3.55. The molecule has 0 bridgehead atoms. The van der Waals surface area contributed by atoms with E-state index in [1.54, 1.807) is 4.90 Å². The molecule has 30 heavy (non-hydrogen) atoms. The molecule has 1 saturated heterocycles. The van der Waals surface area contributed by atoms with Gasteiger partial charge in [0.15, 0.2) is 17.5 Å². The van der Waals surface area contributed by atoms with E-state index in [1.807, 2.05) is 43.3 Å². The molecule has 2 heterocycles. The molecule has 2 amide bonds. The van der Waals surface area contributed by atoms with Crippen molar-refractivity contribution in [1.82, 2.24) is 15.1 Å². The summed E-state index contributed by atoms with van der Waals surface area (Å²) >= 11 is 0. The lowest BCUT2D eigenvalue weighted by atomic mass is 10.1. The third-order valence-corrected chi connectivity index (χ3v) is 5.13. The second-order valence-electron chi connectivity index (χ2n) is 7.12. The lowest BCUT2D eigenvalue weighted by Crippen LogP contribution is -2.50. The van der Waals surface area contributed by atoms with Gasteiger partial charge < -0.3 is 15.1 Å². The van der Waals surface area contributed by atoms with Crippen molar-refractivity contribution in [2.45, 2.75) is 6.92 Å². The van der Waals surface area contributed by atoms with Crippen molar-refractivity contribution in [2.75, 3.05) is 36.4 Å². The SMILES string of the molecule is Cc1ccccc1-c1ccc(N2CCN(C(=O)Nc3ccc(F)c(F)c3)CC2)nn1. The number of anilines is 2. The molecule has 1 aliphatic heterocycles. The number of halogens is 2. The standard InChI is InChI=1S/C22H21F2N5O/c1-15-4-2-3-5-17(15)20-8-9-21(27-26-20)28-10-12-29(13-11-28)22(30)25-16-6-7-18(23)19(24)14-16/h2-9,14H,10-13H2,1H3,(H,25,30). The number of piperazine rings is 1. The Balaban J connectivity index is 1.35. The predicted octanol–water partition coefficient (Wildman–Crippen LogP) is 4.08. The summed E-state index contributed by atoms with van der Waals surface area (Å²) in [5, 5.41) is 11.3. The Kier molecular flexibility index (Phi) is 5.56. The average Bonchev–Trinajstić information content (AvgIpc) is 2.77. The number of aryl methyl sites for hydroxylation is 1. The van der Waals surface area contributed by atoms with Crippen molar-refractivity contribution < 1.29 is 13.6 Å². The van der Waals surface area contributed by atoms with Crippen LogP contribution in [-0.4, -0.2) is 47.3 Å². The van der Waals surface area contributed by atoms with Crippen molar-refractivity contribution in [1.29, 1.82) is 0 Å². The summed E-state index contributed by atoms with van der Waals surface area (Å²) in [6.07, 6.45) is 0. The van der Waals surface area contributed by atoms with Crippen molar-refractivity contribution >= 4 is 17.5 Å². The summed E-state index contributed by atoms with van der Waals surface area (Å²) in [6.45, 7) is 4.20. The Morgan fingerprint density at radius 2 is 1.70 bits per heavy atom. The highest BCUT2D eigenvalue weighted by atomic mass is 19.2. The number of aromatic nitrogens is 2. The maximum Gasteiger partial charge on any atom is 0.321 e. The van der Waals surface area contributed by atoms with Gasteiger partial charge in [-0.05, 0) is 36.8 Å². The molecule has 0 atom stereocenters. The molecule has 0 spiro atoms. The van der Waals surface area contributed by atoms with Gasteiger partial charge in [-0.25, -0.2) is 13.6 Å². The van der Waals surface area contributed by atoms with Gasteiger partial charge in [-0.1, -0.05) is 24.3 Å². The monoisotopic (exact) mass is 409 g/mol. The largest absolute Gasteiger partial charge is 0.352 e. The number of carbonyl (C=O) groups is 1. The maximum absolute atomic E-state index is 13.3. The van der Waals surface area contributed by atoms with E-state index in [4.69, 9.17) is 0 Å². The summed E-state index contributed by atoms with van der Waals surface area (Å²) < 4.78 is 26.3. The highest BCUT2D eigenvalue weighted by molar-refractivity contribution is 5.89. The first-order valence-corrected chi connectivity index (χ1v) is 9.67. The van der Waals surface area contributed by atoms with Crippen LogP contribution in [0.4, 0.5) is 25.1 Å². The van der Waals surface area contributed by atoms with E-state index in [2.05, 4.69) is 20.4 Å². The van der Waals surface area contributed by atoms with Gasteiger partial charge in [0.25, 0.3) is 0 Å². The van der Waals surface area contributed by atoms with Crippen LogP contribution in [0.15, 0.2) is 54.6 Å². The molecular weight excluding hydrogens is 388 g/mol. The molecule has 0 radical (unpaired) electrons. The zero-order valence-corrected chi connectivity index (χ0v) is 16.5. The van der Waals surface area contributed by atoms with Crippen LogP contribution >= 0.6 is 0 Å². The van der Waals surface area contributed by atoms with Gasteiger partial charge in [-0.15, -0.1) is 10.2 Å². The highest BCUT2D eigenvalue weighted by Gasteiger charge is 2.22. The van der Waals surface area contributed by atoms with Crippen LogP contribution in [0.5, 0.6) is 0 Å².